The lowest BCUT2D eigenvalue weighted by atomic mass is 10.1. The monoisotopic (exact) mass is 487 g/mol. The quantitative estimate of drug-likeness (QED) is 0.355. The van der Waals surface area contributed by atoms with Crippen molar-refractivity contribution in [1.29, 1.82) is 0 Å². The summed E-state index contributed by atoms with van der Waals surface area (Å²) in [4.78, 5) is 12.7. The highest BCUT2D eigenvalue weighted by molar-refractivity contribution is 14.0. The van der Waals surface area contributed by atoms with Crippen molar-refractivity contribution >= 4 is 41.3 Å². The number of guanidine groups is 1. The molecule has 0 bridgehead atoms. The van der Waals surface area contributed by atoms with Crippen molar-refractivity contribution in [3.63, 3.8) is 0 Å². The summed E-state index contributed by atoms with van der Waals surface area (Å²) in [6.45, 7) is 8.45. The van der Waals surface area contributed by atoms with Gasteiger partial charge in [0.2, 0.25) is 0 Å². The molecule has 1 atom stereocenters. The minimum Gasteiger partial charge on any atom is -0.357 e. The zero-order valence-electron chi connectivity index (χ0n) is 16.2. The Morgan fingerprint density at radius 3 is 2.42 bits per heavy atom. The van der Waals surface area contributed by atoms with E-state index in [0.29, 0.717) is 6.54 Å². The fraction of sp³-hybridized carbons (Fsp3) is 0.474. The first-order valence-corrected chi connectivity index (χ1v) is 9.49. The molecule has 0 saturated carbocycles. The second kappa shape index (κ2) is 11.5. The molecule has 2 rings (SSSR count). The summed E-state index contributed by atoms with van der Waals surface area (Å²) in [5.74, 6) is 0.829. The van der Waals surface area contributed by atoms with Gasteiger partial charge in [0.25, 0.3) is 0 Å². The second-order valence-electron chi connectivity index (χ2n) is 6.22. The summed E-state index contributed by atoms with van der Waals surface area (Å²) in [6.07, 6.45) is 0. The molecule has 1 aromatic carbocycles. The van der Waals surface area contributed by atoms with Gasteiger partial charge in [0.1, 0.15) is 5.01 Å². The van der Waals surface area contributed by atoms with Crippen molar-refractivity contribution in [1.82, 2.24) is 20.5 Å². The fourth-order valence-corrected chi connectivity index (χ4v) is 3.42. The maximum Gasteiger partial charge on any atom is 0.191 e. The topological polar surface area (TPSA) is 52.6 Å². The Morgan fingerprint density at radius 1 is 1.19 bits per heavy atom. The number of nitrogens with zero attached hydrogens (tertiary/aromatic N) is 3. The first-order valence-electron chi connectivity index (χ1n) is 8.67. The van der Waals surface area contributed by atoms with Crippen molar-refractivity contribution in [2.75, 3.05) is 27.2 Å². The van der Waals surface area contributed by atoms with Crippen LogP contribution in [0.15, 0.2) is 35.3 Å². The third-order valence-corrected chi connectivity index (χ3v) is 5.12. The van der Waals surface area contributed by atoms with Crippen molar-refractivity contribution in [3.8, 4) is 0 Å². The van der Waals surface area contributed by atoms with Gasteiger partial charge >= 0.3 is 0 Å². The Kier molecular flexibility index (Phi) is 10.1. The molecule has 0 saturated heterocycles. The standard InChI is InChI=1S/C19H29N5S.HI/c1-6-20-19(22-13-18-23-14(2)15(3)25-18)21-12-17(24(4)5)16-10-8-7-9-11-16;/h7-11,17H,6,12-13H2,1-5H3,(H2,20,21,22);1H. The molecule has 2 aromatic rings. The molecule has 0 amide bonds. The number of halogens is 1. The first-order chi connectivity index (χ1) is 12.0. The number of hydrogen-bond acceptors (Lipinski definition) is 4. The van der Waals surface area contributed by atoms with Gasteiger partial charge in [-0.1, -0.05) is 30.3 Å². The third kappa shape index (κ3) is 6.85. The zero-order chi connectivity index (χ0) is 18.2. The van der Waals surface area contributed by atoms with Crippen molar-refractivity contribution in [3.05, 3.63) is 51.5 Å². The van der Waals surface area contributed by atoms with Crippen molar-refractivity contribution in [2.45, 2.75) is 33.4 Å². The zero-order valence-corrected chi connectivity index (χ0v) is 19.4. The summed E-state index contributed by atoms with van der Waals surface area (Å²) in [6, 6.07) is 10.8. The van der Waals surface area contributed by atoms with Crippen LogP contribution in [0.4, 0.5) is 0 Å². The van der Waals surface area contributed by atoms with Crippen LogP contribution in [0.5, 0.6) is 0 Å². The van der Waals surface area contributed by atoms with Crippen LogP contribution in [-0.4, -0.2) is 43.0 Å². The van der Waals surface area contributed by atoms with Gasteiger partial charge in [0, 0.05) is 18.0 Å². The van der Waals surface area contributed by atoms with Crippen molar-refractivity contribution < 1.29 is 0 Å². The number of nitrogens with one attached hydrogen (secondary N) is 2. The lowest BCUT2D eigenvalue weighted by molar-refractivity contribution is 0.298. The van der Waals surface area contributed by atoms with Gasteiger partial charge in [0.15, 0.2) is 5.96 Å². The van der Waals surface area contributed by atoms with E-state index in [1.54, 1.807) is 11.3 Å². The molecular weight excluding hydrogens is 457 g/mol. The van der Waals surface area contributed by atoms with Crippen LogP contribution >= 0.6 is 35.3 Å². The molecule has 0 radical (unpaired) electrons. The molecule has 26 heavy (non-hydrogen) atoms. The number of benzene rings is 1. The van der Waals surface area contributed by atoms with Crippen LogP contribution in [0.1, 0.15) is 34.1 Å². The smallest absolute Gasteiger partial charge is 0.191 e. The van der Waals surface area contributed by atoms with Gasteiger partial charge in [-0.05, 0) is 40.4 Å². The average molecular weight is 487 g/mol. The molecule has 1 aromatic heterocycles. The SMILES string of the molecule is CCNC(=NCc1nc(C)c(C)s1)NCC(c1ccccc1)N(C)C.I. The van der Waals surface area contributed by atoms with Gasteiger partial charge in [-0.2, -0.15) is 0 Å². The number of rotatable bonds is 7. The minimum absolute atomic E-state index is 0. The van der Waals surface area contributed by atoms with E-state index in [2.05, 4.69) is 77.7 Å². The number of aliphatic imine (C=N–C) groups is 1. The third-order valence-electron chi connectivity index (χ3n) is 4.06. The minimum atomic E-state index is 0. The van der Waals surface area contributed by atoms with Crippen LogP contribution in [0.2, 0.25) is 0 Å². The van der Waals surface area contributed by atoms with E-state index < -0.39 is 0 Å². The van der Waals surface area contributed by atoms with Gasteiger partial charge < -0.3 is 15.5 Å². The van der Waals surface area contributed by atoms with E-state index in [0.717, 1.165) is 29.8 Å². The van der Waals surface area contributed by atoms with Crippen LogP contribution in [0, 0.1) is 13.8 Å². The lowest BCUT2D eigenvalue weighted by Crippen LogP contribution is -2.41. The van der Waals surface area contributed by atoms with E-state index in [1.807, 2.05) is 13.0 Å². The highest BCUT2D eigenvalue weighted by Crippen LogP contribution is 2.18. The molecule has 1 unspecified atom stereocenters. The summed E-state index contributed by atoms with van der Waals surface area (Å²) in [5, 5.41) is 7.84. The largest absolute Gasteiger partial charge is 0.357 e. The highest BCUT2D eigenvalue weighted by Gasteiger charge is 2.14. The fourth-order valence-electron chi connectivity index (χ4n) is 2.56. The lowest BCUT2D eigenvalue weighted by Gasteiger charge is -2.26. The molecule has 0 spiro atoms. The van der Waals surface area contributed by atoms with Gasteiger partial charge in [0.05, 0.1) is 18.3 Å². The maximum atomic E-state index is 4.69. The summed E-state index contributed by atoms with van der Waals surface area (Å²) >= 11 is 1.72. The molecular formula is C19H30IN5S. The van der Waals surface area contributed by atoms with Crippen LogP contribution < -0.4 is 10.6 Å². The Labute approximate surface area is 178 Å². The van der Waals surface area contributed by atoms with E-state index in [4.69, 9.17) is 0 Å². The van der Waals surface area contributed by atoms with Gasteiger partial charge in [-0.25, -0.2) is 9.98 Å². The molecule has 0 fully saturated rings. The summed E-state index contributed by atoms with van der Waals surface area (Å²) < 4.78 is 0. The Balaban J connectivity index is 0.00000338. The van der Waals surface area contributed by atoms with Crippen molar-refractivity contribution in [2.24, 2.45) is 4.99 Å². The molecule has 0 aliphatic heterocycles. The predicted molar refractivity (Wildman–Crippen MR) is 123 cm³/mol. The number of hydrogen-bond donors (Lipinski definition) is 2. The van der Waals surface area contributed by atoms with Gasteiger partial charge in [-0.15, -0.1) is 35.3 Å². The maximum absolute atomic E-state index is 4.69. The van der Waals surface area contributed by atoms with E-state index in [-0.39, 0.29) is 30.0 Å². The van der Waals surface area contributed by atoms with E-state index in [1.165, 1.54) is 10.4 Å². The first kappa shape index (κ1) is 22.9. The number of likely N-dealkylation sites (N-methyl/N-ethyl adjacent to an activating group) is 1. The number of thiazole rings is 1. The predicted octanol–water partition coefficient (Wildman–Crippen LogP) is 3.74. The molecule has 2 N–H and O–H groups in total. The average Bonchev–Trinajstić information content (AvgIpc) is 2.91. The molecule has 5 nitrogen and oxygen atoms in total. The summed E-state index contributed by atoms with van der Waals surface area (Å²) in [7, 11) is 4.20. The highest BCUT2D eigenvalue weighted by atomic mass is 127. The van der Waals surface area contributed by atoms with Crippen LogP contribution in [0.25, 0.3) is 0 Å². The molecule has 0 aliphatic rings. The normalized spacial score (nSPS) is 12.6. The Bertz CT molecular complexity index is 665. The Morgan fingerprint density at radius 2 is 1.88 bits per heavy atom. The molecule has 7 heteroatoms. The van der Waals surface area contributed by atoms with Crippen LogP contribution in [-0.2, 0) is 6.54 Å². The molecule has 144 valence electrons. The Hall–Kier alpha value is -1.19. The van der Waals surface area contributed by atoms with Crippen LogP contribution in [0.3, 0.4) is 0 Å². The molecule has 0 aliphatic carbocycles. The number of aryl methyl sites for hydroxylation is 2. The summed E-state index contributed by atoms with van der Waals surface area (Å²) in [5.41, 5.74) is 2.40. The number of aromatic nitrogens is 1. The van der Waals surface area contributed by atoms with Gasteiger partial charge in [-0.3, -0.25) is 0 Å². The second-order valence-corrected chi connectivity index (χ2v) is 7.50. The molecule has 1 heterocycles. The van der Waals surface area contributed by atoms with E-state index >= 15 is 0 Å². The van der Waals surface area contributed by atoms with E-state index in [9.17, 15) is 0 Å².